The van der Waals surface area contributed by atoms with Crippen LogP contribution in [0.2, 0.25) is 0 Å². The third-order valence-corrected chi connectivity index (χ3v) is 9.56. The first-order valence-electron chi connectivity index (χ1n) is 12.3. The zero-order valence-corrected chi connectivity index (χ0v) is 23.3. The summed E-state index contributed by atoms with van der Waals surface area (Å²) in [7, 11) is -4.34. The molecule has 1 fully saturated rings. The van der Waals surface area contributed by atoms with Crippen molar-refractivity contribution in [1.29, 1.82) is 0 Å². The average Bonchev–Trinajstić information content (AvgIpc) is 3.37. The number of aryl methyl sites for hydroxylation is 1. The molecule has 0 bridgehead atoms. The lowest BCUT2D eigenvalue weighted by Crippen LogP contribution is -2.66. The first-order chi connectivity index (χ1) is 19.6. The van der Waals surface area contributed by atoms with E-state index in [1.807, 2.05) is 6.92 Å². The van der Waals surface area contributed by atoms with Crippen LogP contribution in [0.4, 0.5) is 26.3 Å². The molecule has 14 heteroatoms. The fourth-order valence-electron chi connectivity index (χ4n) is 4.58. The number of halogens is 6. The summed E-state index contributed by atoms with van der Waals surface area (Å²) in [5.41, 5.74) is -4.32. The molecule has 1 saturated heterocycles. The standard InChI is InChI=1S/C28H21F6N3O3S2/c1-18-7-9-19(10-8-18)23-15-24(27(29,30)31)35-37(23)21-11-13-22(14-12-21)42(39,40)36-16-26(17-36,41-28(32,33)34)25(38)20-5-3-2-4-6-20/h2-15H,16-17H2,1H3. The third kappa shape index (κ3) is 5.83. The second kappa shape index (κ2) is 10.6. The smallest absolute Gasteiger partial charge is 0.292 e. The molecule has 2 heterocycles. The summed E-state index contributed by atoms with van der Waals surface area (Å²) in [6.07, 6.45) is -4.73. The van der Waals surface area contributed by atoms with Gasteiger partial charge in [0.05, 0.1) is 16.3 Å². The lowest BCUT2D eigenvalue weighted by atomic mass is 9.91. The van der Waals surface area contributed by atoms with E-state index in [2.05, 4.69) is 5.10 Å². The monoisotopic (exact) mass is 625 g/mol. The summed E-state index contributed by atoms with van der Waals surface area (Å²) in [5, 5.41) is 3.69. The van der Waals surface area contributed by atoms with Crippen LogP contribution in [0.1, 0.15) is 21.6 Å². The average molecular weight is 626 g/mol. The maximum Gasteiger partial charge on any atom is 0.442 e. The fraction of sp³-hybridized carbons (Fsp3) is 0.214. The second-order valence-corrected chi connectivity index (χ2v) is 13.1. The number of rotatable bonds is 7. The van der Waals surface area contributed by atoms with Crippen LogP contribution >= 0.6 is 11.8 Å². The van der Waals surface area contributed by atoms with Crippen molar-refractivity contribution in [3.05, 3.63) is 102 Å². The van der Waals surface area contributed by atoms with Gasteiger partial charge in [-0.05, 0) is 49.0 Å². The van der Waals surface area contributed by atoms with Crippen LogP contribution in [-0.4, -0.2) is 51.6 Å². The quantitative estimate of drug-likeness (QED) is 0.168. The van der Waals surface area contributed by atoms with Crippen molar-refractivity contribution in [3.8, 4) is 16.9 Å². The van der Waals surface area contributed by atoms with E-state index in [9.17, 15) is 39.6 Å². The Balaban J connectivity index is 1.43. The van der Waals surface area contributed by atoms with Gasteiger partial charge in [0.1, 0.15) is 4.75 Å². The zero-order chi connectivity index (χ0) is 30.5. The molecule has 0 unspecified atom stereocenters. The molecule has 6 nitrogen and oxygen atoms in total. The SMILES string of the molecule is Cc1ccc(-c2cc(C(F)(F)F)nn2-c2ccc(S(=O)(=O)N3CC(SC(F)(F)F)(C(=O)c4ccccc4)C3)cc2)cc1. The van der Waals surface area contributed by atoms with E-state index >= 15 is 0 Å². The van der Waals surface area contributed by atoms with Gasteiger partial charge < -0.3 is 0 Å². The van der Waals surface area contributed by atoms with Crippen LogP contribution in [0.5, 0.6) is 0 Å². The predicted molar refractivity (Wildman–Crippen MR) is 145 cm³/mol. The molecule has 0 saturated carbocycles. The lowest BCUT2D eigenvalue weighted by Gasteiger charge is -2.47. The number of hydrogen-bond acceptors (Lipinski definition) is 5. The van der Waals surface area contributed by atoms with Crippen LogP contribution in [-0.2, 0) is 16.2 Å². The van der Waals surface area contributed by atoms with Gasteiger partial charge in [-0.2, -0.15) is 35.7 Å². The van der Waals surface area contributed by atoms with Crippen molar-refractivity contribution in [1.82, 2.24) is 14.1 Å². The molecule has 3 aromatic carbocycles. The Hall–Kier alpha value is -3.62. The molecule has 0 N–H and O–H groups in total. The number of Topliss-reactive ketones (excluding diaryl/α,β-unsaturated/α-hetero) is 1. The highest BCUT2D eigenvalue weighted by Gasteiger charge is 2.59. The number of hydrogen-bond donors (Lipinski definition) is 0. The van der Waals surface area contributed by atoms with Gasteiger partial charge >= 0.3 is 11.7 Å². The summed E-state index contributed by atoms with van der Waals surface area (Å²) in [6.45, 7) is 0.407. The highest BCUT2D eigenvalue weighted by atomic mass is 32.2. The summed E-state index contributed by atoms with van der Waals surface area (Å²) < 4.78 is 107. The van der Waals surface area contributed by atoms with E-state index in [-0.39, 0.29) is 21.8 Å². The van der Waals surface area contributed by atoms with E-state index in [1.165, 1.54) is 36.4 Å². The molecule has 1 aromatic heterocycles. The van der Waals surface area contributed by atoms with Gasteiger partial charge in [0, 0.05) is 24.2 Å². The lowest BCUT2D eigenvalue weighted by molar-refractivity contribution is -0.141. The molecular formula is C28H21F6N3O3S2. The molecule has 5 rings (SSSR count). The molecule has 1 aliphatic rings. The van der Waals surface area contributed by atoms with E-state index in [4.69, 9.17) is 0 Å². The van der Waals surface area contributed by atoms with Crippen molar-refractivity contribution in [2.75, 3.05) is 13.1 Å². The van der Waals surface area contributed by atoms with Crippen molar-refractivity contribution in [2.24, 2.45) is 0 Å². The maximum atomic E-state index is 13.5. The Labute approximate surface area is 241 Å². The number of carbonyl (C=O) groups excluding carboxylic acids is 1. The predicted octanol–water partition coefficient (Wildman–Crippen LogP) is 6.75. The van der Waals surface area contributed by atoms with Crippen molar-refractivity contribution in [2.45, 2.75) is 28.3 Å². The molecule has 0 spiro atoms. The molecule has 220 valence electrons. The number of carbonyl (C=O) groups is 1. The van der Waals surface area contributed by atoms with Gasteiger partial charge in [0.25, 0.3) is 0 Å². The second-order valence-electron chi connectivity index (χ2n) is 9.69. The van der Waals surface area contributed by atoms with Crippen LogP contribution < -0.4 is 0 Å². The largest absolute Gasteiger partial charge is 0.442 e. The molecule has 0 aliphatic carbocycles. The minimum absolute atomic E-state index is 0.0254. The molecule has 0 amide bonds. The maximum absolute atomic E-state index is 13.5. The van der Waals surface area contributed by atoms with Gasteiger partial charge in [-0.3, -0.25) is 4.79 Å². The topological polar surface area (TPSA) is 72.3 Å². The van der Waals surface area contributed by atoms with Gasteiger partial charge in [-0.25, -0.2) is 13.1 Å². The summed E-state index contributed by atoms with van der Waals surface area (Å²) in [5.74, 6) is -0.838. The number of benzene rings is 3. The Kier molecular flexibility index (Phi) is 7.52. The number of sulfonamides is 1. The molecule has 0 atom stereocenters. The number of ketones is 1. The van der Waals surface area contributed by atoms with Crippen LogP contribution in [0, 0.1) is 6.92 Å². The highest BCUT2D eigenvalue weighted by molar-refractivity contribution is 8.02. The highest BCUT2D eigenvalue weighted by Crippen LogP contribution is 2.48. The van der Waals surface area contributed by atoms with Crippen molar-refractivity contribution < 1.29 is 39.6 Å². The molecule has 1 aliphatic heterocycles. The summed E-state index contributed by atoms with van der Waals surface area (Å²) in [6, 6.07) is 19.7. The normalized spacial score (nSPS) is 15.8. The van der Waals surface area contributed by atoms with Gasteiger partial charge in [0.15, 0.2) is 11.5 Å². The molecule has 4 aromatic rings. The van der Waals surface area contributed by atoms with Crippen molar-refractivity contribution in [3.63, 3.8) is 0 Å². The molecular weight excluding hydrogens is 604 g/mol. The number of alkyl halides is 6. The first kappa shape index (κ1) is 29.9. The van der Waals surface area contributed by atoms with Gasteiger partial charge in [-0.1, -0.05) is 60.2 Å². The summed E-state index contributed by atoms with van der Waals surface area (Å²) in [4.78, 5) is 12.7. The Morgan fingerprint density at radius 1 is 0.881 bits per heavy atom. The van der Waals surface area contributed by atoms with Crippen molar-refractivity contribution >= 4 is 27.6 Å². The Morgan fingerprint density at radius 3 is 2.02 bits per heavy atom. The minimum Gasteiger partial charge on any atom is -0.292 e. The van der Waals surface area contributed by atoms with Crippen LogP contribution in [0.15, 0.2) is 89.8 Å². The van der Waals surface area contributed by atoms with Gasteiger partial charge in [-0.15, -0.1) is 0 Å². The summed E-state index contributed by atoms with van der Waals surface area (Å²) >= 11 is -0.546. The van der Waals surface area contributed by atoms with Crippen LogP contribution in [0.25, 0.3) is 16.9 Å². The molecule has 0 radical (unpaired) electrons. The number of aromatic nitrogens is 2. The van der Waals surface area contributed by atoms with E-state index in [1.54, 1.807) is 30.3 Å². The number of thioether (sulfide) groups is 1. The number of nitrogens with zero attached hydrogens (tertiary/aromatic N) is 3. The van der Waals surface area contributed by atoms with Crippen LogP contribution in [0.3, 0.4) is 0 Å². The van der Waals surface area contributed by atoms with Gasteiger partial charge in [0.2, 0.25) is 10.0 Å². The van der Waals surface area contributed by atoms with E-state index < -0.39 is 62.8 Å². The minimum atomic E-state index is -4.80. The molecule has 42 heavy (non-hydrogen) atoms. The Bertz CT molecular complexity index is 1710. The zero-order valence-electron chi connectivity index (χ0n) is 21.6. The third-order valence-electron chi connectivity index (χ3n) is 6.69. The Morgan fingerprint density at radius 2 is 1.48 bits per heavy atom. The first-order valence-corrected chi connectivity index (χ1v) is 14.6. The van der Waals surface area contributed by atoms with E-state index in [0.29, 0.717) is 5.56 Å². The van der Waals surface area contributed by atoms with E-state index in [0.717, 1.165) is 32.7 Å². The fourth-order valence-corrected chi connectivity index (χ4v) is 7.39.